The molecule has 4 aromatic heterocycles. The summed E-state index contributed by atoms with van der Waals surface area (Å²) in [6.45, 7) is 7.14. The van der Waals surface area contributed by atoms with Crippen molar-refractivity contribution in [2.45, 2.75) is 6.92 Å². The number of fused-ring (bicyclic) bond motifs is 12. The Hall–Kier alpha value is -11.0. The molecule has 4 heterocycles. The molecular weight excluding hydrogens is 997 g/mol. The molecule has 0 saturated carbocycles. The highest BCUT2D eigenvalue weighted by atomic mass is 15.0. The van der Waals surface area contributed by atoms with Crippen molar-refractivity contribution in [3.05, 3.63) is 290 Å². The van der Waals surface area contributed by atoms with Crippen molar-refractivity contribution in [1.82, 2.24) is 18.3 Å². The molecule has 0 atom stereocenters. The third-order valence-electron chi connectivity index (χ3n) is 17.4. The Morgan fingerprint density at radius 1 is 0.341 bits per heavy atom. The number of nitrogens with zero attached hydrogens (tertiary/aromatic N) is 5. The summed E-state index contributed by atoms with van der Waals surface area (Å²) in [6, 6.07) is 94.6. The molecule has 82 heavy (non-hydrogen) atoms. The molecule has 0 unspecified atom stereocenters. The zero-order valence-corrected chi connectivity index (χ0v) is 44.8. The van der Waals surface area contributed by atoms with Crippen LogP contribution in [0.25, 0.3) is 138 Å². The van der Waals surface area contributed by atoms with Crippen molar-refractivity contribution in [2.75, 3.05) is 5.73 Å². The molecule has 0 fully saturated rings. The van der Waals surface area contributed by atoms with Crippen LogP contribution in [-0.4, -0.2) is 24.0 Å². The van der Waals surface area contributed by atoms with Crippen LogP contribution in [0.2, 0.25) is 0 Å². The normalized spacial score (nSPS) is 12.8. The van der Waals surface area contributed by atoms with E-state index in [1.807, 2.05) is 12.1 Å². The lowest BCUT2D eigenvalue weighted by Gasteiger charge is -2.17. The zero-order chi connectivity index (χ0) is 54.3. The highest BCUT2D eigenvalue weighted by molar-refractivity contribution is 6.42. The molecule has 0 spiro atoms. The molecule has 0 saturated heterocycles. The van der Waals surface area contributed by atoms with Gasteiger partial charge in [0.2, 0.25) is 0 Å². The summed E-state index contributed by atoms with van der Waals surface area (Å²) < 4.78 is 9.68. The van der Waals surface area contributed by atoms with Crippen molar-refractivity contribution in [3.63, 3.8) is 0 Å². The predicted molar refractivity (Wildman–Crippen MR) is 347 cm³/mol. The van der Waals surface area contributed by atoms with E-state index < -0.39 is 0 Å². The van der Waals surface area contributed by atoms with Gasteiger partial charge in [0.15, 0.2) is 0 Å². The lowest BCUT2D eigenvalue weighted by atomic mass is 9.94. The number of rotatable bonds is 8. The Balaban J connectivity index is 0.916. The Morgan fingerprint density at radius 2 is 0.720 bits per heavy atom. The van der Waals surface area contributed by atoms with E-state index >= 15 is 0 Å². The molecule has 0 bridgehead atoms. The van der Waals surface area contributed by atoms with Crippen LogP contribution in [0.5, 0.6) is 0 Å². The fourth-order valence-corrected chi connectivity index (χ4v) is 13.8. The number of anilines is 1. The first-order valence-electron chi connectivity index (χ1n) is 28.0. The van der Waals surface area contributed by atoms with Gasteiger partial charge in [-0.05, 0) is 138 Å². The van der Waals surface area contributed by atoms with Gasteiger partial charge in [0.05, 0.1) is 55.5 Å². The van der Waals surface area contributed by atoms with Crippen molar-refractivity contribution in [3.8, 4) is 22.7 Å². The third-order valence-corrected chi connectivity index (χ3v) is 17.4. The zero-order valence-electron chi connectivity index (χ0n) is 44.8. The summed E-state index contributed by atoms with van der Waals surface area (Å²) in [5.74, 6) is 0. The molecule has 1 aliphatic carbocycles. The second kappa shape index (κ2) is 17.5. The topological polar surface area (TPSA) is 58.1 Å². The Bertz CT molecular complexity index is 5140. The van der Waals surface area contributed by atoms with Gasteiger partial charge in [-0.2, -0.15) is 0 Å². The smallest absolute Gasteiger partial charge is 0.0790 e. The van der Waals surface area contributed by atoms with Crippen LogP contribution in [-0.2, 0) is 0 Å². The first-order chi connectivity index (χ1) is 40.4. The number of para-hydroxylation sites is 6. The minimum absolute atomic E-state index is 0.641. The summed E-state index contributed by atoms with van der Waals surface area (Å²) >= 11 is 0. The van der Waals surface area contributed by atoms with Crippen LogP contribution in [0.3, 0.4) is 0 Å². The van der Waals surface area contributed by atoms with E-state index in [1.54, 1.807) is 0 Å². The van der Waals surface area contributed by atoms with Gasteiger partial charge in [-0.25, -0.2) is 4.99 Å². The van der Waals surface area contributed by atoms with E-state index in [9.17, 15) is 0 Å². The summed E-state index contributed by atoms with van der Waals surface area (Å²) in [5.41, 5.74) is 28.4. The molecule has 16 aromatic rings. The predicted octanol–water partition coefficient (Wildman–Crippen LogP) is 19.2. The second-order valence-electron chi connectivity index (χ2n) is 21.8. The highest BCUT2D eigenvalue weighted by Gasteiger charge is 2.27. The fourth-order valence-electron chi connectivity index (χ4n) is 13.8. The third kappa shape index (κ3) is 6.66. The molecule has 0 aliphatic heterocycles. The van der Waals surface area contributed by atoms with Crippen molar-refractivity contribution in [2.24, 2.45) is 4.99 Å². The molecule has 17 rings (SSSR count). The molecular formula is C76H50N6. The standard InChI is InChI=1S/C76H50N6/c1-46-56-25-15-17-48-18-16-26-63(75(48)56)74(46)76(49-33-35-51(77)36-34-49)78-47(2)50-41-54(81-70-31-13-7-23-61(70)64-44-52(37-39-72(64)81)79-66-27-9-3-19-57(66)58-20-4-10-28-67(58)79)43-55(42-50)82-71-32-14-8-24-62(71)65-45-53(38-40-73(65)82)80-68-29-11-5-21-59(68)60-22-6-12-30-69(60)80/h3-45H,2,77H2,1H3. The van der Waals surface area contributed by atoms with E-state index in [4.69, 9.17) is 17.3 Å². The number of nitrogens with two attached hydrogens (primary N) is 1. The maximum absolute atomic E-state index is 6.39. The second-order valence-corrected chi connectivity index (χ2v) is 21.8. The molecule has 6 heteroatoms. The van der Waals surface area contributed by atoms with Crippen LogP contribution in [0.4, 0.5) is 5.69 Å². The number of nitrogen functional groups attached to an aromatic ring is 1. The maximum atomic E-state index is 6.39. The van der Waals surface area contributed by atoms with Crippen LogP contribution in [0, 0.1) is 0 Å². The molecule has 0 amide bonds. The summed E-state index contributed by atoms with van der Waals surface area (Å²) in [7, 11) is 0. The summed E-state index contributed by atoms with van der Waals surface area (Å²) in [4.78, 5) is 5.72. The Kier molecular flexibility index (Phi) is 9.83. The van der Waals surface area contributed by atoms with Crippen LogP contribution < -0.4 is 5.73 Å². The monoisotopic (exact) mass is 1050 g/mol. The first kappa shape index (κ1) is 46.0. The van der Waals surface area contributed by atoms with Crippen LogP contribution in [0.15, 0.2) is 272 Å². The Labute approximate surface area is 472 Å². The lowest BCUT2D eigenvalue weighted by Crippen LogP contribution is -2.06. The van der Waals surface area contributed by atoms with Gasteiger partial charge in [0.1, 0.15) is 0 Å². The number of allylic oxidation sites excluding steroid dienone is 2. The van der Waals surface area contributed by atoms with Gasteiger partial charge in [-0.3, -0.25) is 0 Å². The highest BCUT2D eigenvalue weighted by Crippen LogP contribution is 2.46. The van der Waals surface area contributed by atoms with E-state index in [1.165, 1.54) is 81.9 Å². The average molecular weight is 1050 g/mol. The van der Waals surface area contributed by atoms with Crippen LogP contribution >= 0.6 is 0 Å². The molecule has 12 aromatic carbocycles. The Morgan fingerprint density at radius 3 is 1.16 bits per heavy atom. The minimum Gasteiger partial charge on any atom is -0.399 e. The number of hydrogen-bond acceptors (Lipinski definition) is 2. The SMILES string of the molecule is C=C(N=C(C1=C(C)c2cccc3cccc1c23)c1ccc(N)cc1)c1cc(-n2c3ccccc3c3cc(-n4c5ccccc5c5ccccc54)ccc32)cc(-n2c3ccccc3c3cc(-n4c5ccccc5c5ccccc54)ccc32)c1. The summed E-state index contributed by atoms with van der Waals surface area (Å²) in [5, 5.41) is 12.1. The number of benzene rings is 12. The van der Waals surface area contributed by atoms with Crippen molar-refractivity contribution in [1.29, 1.82) is 0 Å². The maximum Gasteiger partial charge on any atom is 0.0790 e. The van der Waals surface area contributed by atoms with E-state index in [2.05, 4.69) is 274 Å². The number of hydrogen-bond donors (Lipinski definition) is 1. The molecule has 2 N–H and O–H groups in total. The van der Waals surface area contributed by atoms with E-state index in [-0.39, 0.29) is 0 Å². The van der Waals surface area contributed by atoms with Crippen molar-refractivity contribution < 1.29 is 0 Å². The largest absolute Gasteiger partial charge is 0.399 e. The van der Waals surface area contributed by atoms with E-state index in [0.717, 1.165) is 78.0 Å². The van der Waals surface area contributed by atoms with Gasteiger partial charge in [0, 0.05) is 88.2 Å². The fraction of sp³-hybridized carbons (Fsp3) is 0.0132. The molecule has 384 valence electrons. The molecule has 0 radical (unpaired) electrons. The molecule has 6 nitrogen and oxygen atoms in total. The van der Waals surface area contributed by atoms with E-state index in [0.29, 0.717) is 11.4 Å². The van der Waals surface area contributed by atoms with Gasteiger partial charge >= 0.3 is 0 Å². The van der Waals surface area contributed by atoms with Gasteiger partial charge in [-0.1, -0.05) is 164 Å². The van der Waals surface area contributed by atoms with Gasteiger partial charge in [-0.15, -0.1) is 0 Å². The lowest BCUT2D eigenvalue weighted by molar-refractivity contribution is 1.12. The van der Waals surface area contributed by atoms with Gasteiger partial charge in [0.25, 0.3) is 0 Å². The first-order valence-corrected chi connectivity index (χ1v) is 28.0. The number of aromatic nitrogens is 4. The average Bonchev–Trinajstić information content (AvgIpc) is 3.78. The van der Waals surface area contributed by atoms with Crippen LogP contribution in [0.1, 0.15) is 29.2 Å². The minimum atomic E-state index is 0.641. The summed E-state index contributed by atoms with van der Waals surface area (Å²) in [6.07, 6.45) is 0. The molecule has 1 aliphatic rings. The van der Waals surface area contributed by atoms with Crippen molar-refractivity contribution >= 4 is 126 Å². The van der Waals surface area contributed by atoms with Gasteiger partial charge < -0.3 is 24.0 Å². The quantitative estimate of drug-likeness (QED) is 0.120. The number of aliphatic imine (C=N–C) groups is 1.